The summed E-state index contributed by atoms with van der Waals surface area (Å²) in [5.41, 5.74) is 1.51. The minimum atomic E-state index is 0. The van der Waals surface area contributed by atoms with Gasteiger partial charge < -0.3 is 5.11 Å². The molecule has 4 nitrogen and oxygen atoms in total. The van der Waals surface area contributed by atoms with Crippen LogP contribution in [0.2, 0.25) is 0 Å². The van der Waals surface area contributed by atoms with Crippen LogP contribution in [0.25, 0.3) is 5.65 Å². The Balaban J connectivity index is 0.000000720. The highest BCUT2D eigenvalue weighted by Crippen LogP contribution is 2.05. The number of aliphatic hydroxyl groups excluding tert-OH is 1. The summed E-state index contributed by atoms with van der Waals surface area (Å²) in [6, 6.07) is 3.67. The predicted octanol–water partition coefficient (Wildman–Crippen LogP) is 0.643. The van der Waals surface area contributed by atoms with Gasteiger partial charge in [0.2, 0.25) is 0 Å². The topological polar surface area (TPSA) is 50.4 Å². The van der Waals surface area contributed by atoms with E-state index in [1.807, 2.05) is 18.3 Å². The van der Waals surface area contributed by atoms with E-state index in [1.54, 1.807) is 10.7 Å². The number of fused-ring (bicyclic) bond motifs is 1. The minimum Gasteiger partial charge on any atom is -0.392 e. The summed E-state index contributed by atoms with van der Waals surface area (Å²) in [6.07, 6.45) is 3.45. The first-order valence-electron chi connectivity index (χ1n) is 3.30. The number of nitrogens with zero attached hydrogens (tertiary/aromatic N) is 3. The normalized spacial score (nSPS) is 9.75. The molecule has 2 aromatic heterocycles. The van der Waals surface area contributed by atoms with Crippen molar-refractivity contribution in [3.8, 4) is 0 Å². The molecule has 0 fully saturated rings. The van der Waals surface area contributed by atoms with E-state index in [4.69, 9.17) is 5.11 Å². The van der Waals surface area contributed by atoms with Crippen LogP contribution in [0.1, 0.15) is 5.56 Å². The molecular formula is C7H8ClN3O. The molecule has 2 aromatic rings. The molecule has 1 N–H and O–H groups in total. The standard InChI is InChI=1S/C7H7N3O.ClH/c11-4-6-2-1-3-10-5-8-9-7(6)10;/h1-3,5,11H,4H2;1H. The van der Waals surface area contributed by atoms with Gasteiger partial charge in [0.25, 0.3) is 0 Å². The van der Waals surface area contributed by atoms with E-state index in [0.29, 0.717) is 0 Å². The fourth-order valence-corrected chi connectivity index (χ4v) is 1.03. The molecule has 0 atom stereocenters. The van der Waals surface area contributed by atoms with Crippen LogP contribution >= 0.6 is 12.4 Å². The third kappa shape index (κ3) is 1.26. The summed E-state index contributed by atoms with van der Waals surface area (Å²) in [5.74, 6) is 0. The highest BCUT2D eigenvalue weighted by atomic mass is 35.5. The molecule has 0 aliphatic heterocycles. The first-order chi connectivity index (χ1) is 5.42. The average Bonchev–Trinajstić information content (AvgIpc) is 2.50. The fourth-order valence-electron chi connectivity index (χ4n) is 1.03. The van der Waals surface area contributed by atoms with E-state index >= 15 is 0 Å². The molecule has 0 saturated heterocycles. The number of hydrogen-bond donors (Lipinski definition) is 1. The second-order valence-electron chi connectivity index (χ2n) is 2.25. The average molecular weight is 186 g/mol. The van der Waals surface area contributed by atoms with Crippen molar-refractivity contribution in [3.05, 3.63) is 30.2 Å². The number of aliphatic hydroxyl groups is 1. The van der Waals surface area contributed by atoms with Gasteiger partial charge in [0, 0.05) is 11.8 Å². The van der Waals surface area contributed by atoms with Gasteiger partial charge >= 0.3 is 0 Å². The Morgan fingerprint density at radius 2 is 2.33 bits per heavy atom. The van der Waals surface area contributed by atoms with E-state index < -0.39 is 0 Å². The molecule has 0 aliphatic carbocycles. The van der Waals surface area contributed by atoms with Crippen molar-refractivity contribution in [3.63, 3.8) is 0 Å². The Labute approximate surface area is 75.3 Å². The zero-order valence-corrected chi connectivity index (χ0v) is 7.03. The smallest absolute Gasteiger partial charge is 0.166 e. The van der Waals surface area contributed by atoms with Crippen molar-refractivity contribution < 1.29 is 5.11 Å². The van der Waals surface area contributed by atoms with Crippen LogP contribution < -0.4 is 0 Å². The molecule has 0 saturated carbocycles. The van der Waals surface area contributed by atoms with Crippen LogP contribution in [0.15, 0.2) is 24.7 Å². The molecule has 64 valence electrons. The number of rotatable bonds is 1. The fraction of sp³-hybridized carbons (Fsp3) is 0.143. The highest BCUT2D eigenvalue weighted by Gasteiger charge is 1.99. The Morgan fingerprint density at radius 3 is 3.08 bits per heavy atom. The summed E-state index contributed by atoms with van der Waals surface area (Å²) in [6.45, 7) is 0.00301. The zero-order chi connectivity index (χ0) is 7.68. The summed E-state index contributed by atoms with van der Waals surface area (Å²) in [5, 5.41) is 16.4. The maximum atomic E-state index is 8.87. The lowest BCUT2D eigenvalue weighted by atomic mass is 10.3. The van der Waals surface area contributed by atoms with E-state index in [9.17, 15) is 0 Å². The monoisotopic (exact) mass is 185 g/mol. The van der Waals surface area contributed by atoms with Gasteiger partial charge in [-0.3, -0.25) is 4.40 Å². The Bertz CT molecular complexity index is 373. The molecule has 0 spiro atoms. The Kier molecular flexibility index (Phi) is 2.62. The van der Waals surface area contributed by atoms with Gasteiger partial charge in [-0.15, -0.1) is 22.6 Å². The lowest BCUT2D eigenvalue weighted by molar-refractivity contribution is 0.282. The molecule has 0 amide bonds. The van der Waals surface area contributed by atoms with Crippen LogP contribution in [-0.2, 0) is 6.61 Å². The molecule has 5 heteroatoms. The third-order valence-corrected chi connectivity index (χ3v) is 1.57. The predicted molar refractivity (Wildman–Crippen MR) is 46.2 cm³/mol. The van der Waals surface area contributed by atoms with E-state index in [0.717, 1.165) is 11.2 Å². The lowest BCUT2D eigenvalue weighted by Crippen LogP contribution is -1.90. The molecule has 2 heterocycles. The van der Waals surface area contributed by atoms with Crippen LogP contribution in [0, 0.1) is 0 Å². The van der Waals surface area contributed by atoms with Crippen molar-refractivity contribution in [1.82, 2.24) is 14.6 Å². The summed E-state index contributed by atoms with van der Waals surface area (Å²) in [7, 11) is 0. The largest absolute Gasteiger partial charge is 0.392 e. The van der Waals surface area contributed by atoms with Gasteiger partial charge in [-0.25, -0.2) is 0 Å². The number of aromatic nitrogens is 3. The van der Waals surface area contributed by atoms with Gasteiger partial charge in [0.05, 0.1) is 6.61 Å². The molecule has 0 radical (unpaired) electrons. The first kappa shape index (κ1) is 8.96. The second-order valence-corrected chi connectivity index (χ2v) is 2.25. The van der Waals surface area contributed by atoms with Crippen molar-refractivity contribution in [1.29, 1.82) is 0 Å². The summed E-state index contributed by atoms with van der Waals surface area (Å²) < 4.78 is 1.77. The maximum Gasteiger partial charge on any atom is 0.166 e. The van der Waals surface area contributed by atoms with Gasteiger partial charge in [0.1, 0.15) is 6.33 Å². The molecular weight excluding hydrogens is 178 g/mol. The van der Waals surface area contributed by atoms with Gasteiger partial charge in [0.15, 0.2) is 5.65 Å². The summed E-state index contributed by atoms with van der Waals surface area (Å²) >= 11 is 0. The van der Waals surface area contributed by atoms with Gasteiger partial charge in [-0.2, -0.15) is 0 Å². The Morgan fingerprint density at radius 1 is 1.50 bits per heavy atom. The van der Waals surface area contributed by atoms with E-state index in [-0.39, 0.29) is 19.0 Å². The number of halogens is 1. The third-order valence-electron chi connectivity index (χ3n) is 1.57. The Hall–Kier alpha value is -1.13. The van der Waals surface area contributed by atoms with Crippen LogP contribution in [-0.4, -0.2) is 19.7 Å². The van der Waals surface area contributed by atoms with E-state index in [1.165, 1.54) is 0 Å². The first-order valence-corrected chi connectivity index (χ1v) is 3.30. The highest BCUT2D eigenvalue weighted by molar-refractivity contribution is 5.85. The zero-order valence-electron chi connectivity index (χ0n) is 6.21. The quantitative estimate of drug-likeness (QED) is 0.710. The van der Waals surface area contributed by atoms with E-state index in [2.05, 4.69) is 10.2 Å². The van der Waals surface area contributed by atoms with Gasteiger partial charge in [-0.1, -0.05) is 6.07 Å². The molecule has 0 aromatic carbocycles. The van der Waals surface area contributed by atoms with Crippen molar-refractivity contribution in [2.45, 2.75) is 6.61 Å². The SMILES string of the molecule is Cl.OCc1cccn2cnnc12. The van der Waals surface area contributed by atoms with Crippen molar-refractivity contribution in [2.24, 2.45) is 0 Å². The summed E-state index contributed by atoms with van der Waals surface area (Å²) in [4.78, 5) is 0. The molecule has 12 heavy (non-hydrogen) atoms. The molecule has 2 rings (SSSR count). The van der Waals surface area contributed by atoms with Crippen LogP contribution in [0.4, 0.5) is 0 Å². The molecule has 0 bridgehead atoms. The van der Waals surface area contributed by atoms with Crippen molar-refractivity contribution >= 4 is 18.1 Å². The minimum absolute atomic E-state index is 0. The van der Waals surface area contributed by atoms with Gasteiger partial charge in [-0.05, 0) is 6.07 Å². The van der Waals surface area contributed by atoms with Crippen LogP contribution in [0.5, 0.6) is 0 Å². The number of pyridine rings is 1. The molecule has 0 aliphatic rings. The second kappa shape index (κ2) is 3.51. The lowest BCUT2D eigenvalue weighted by Gasteiger charge is -1.95. The number of hydrogen-bond acceptors (Lipinski definition) is 3. The van der Waals surface area contributed by atoms with Crippen LogP contribution in [0.3, 0.4) is 0 Å². The van der Waals surface area contributed by atoms with Crippen molar-refractivity contribution in [2.75, 3.05) is 0 Å². The maximum absolute atomic E-state index is 8.87. The molecule has 0 unspecified atom stereocenters.